The monoisotopic (exact) mass is 334 g/mol. The van der Waals surface area contributed by atoms with E-state index in [0.29, 0.717) is 5.69 Å². The number of thiophene rings is 1. The molecule has 8 heteroatoms. The van der Waals surface area contributed by atoms with E-state index in [1.54, 1.807) is 22.2 Å². The first-order valence-corrected chi connectivity index (χ1v) is 7.70. The van der Waals surface area contributed by atoms with Gasteiger partial charge in [-0.15, -0.1) is 5.10 Å². The van der Waals surface area contributed by atoms with E-state index < -0.39 is 11.6 Å². The van der Waals surface area contributed by atoms with Gasteiger partial charge in [-0.2, -0.15) is 11.3 Å². The molecule has 1 N–H and O–H groups in total. The van der Waals surface area contributed by atoms with E-state index in [-0.39, 0.29) is 24.4 Å². The third-order valence-corrected chi connectivity index (χ3v) is 3.82. The second-order valence-electron chi connectivity index (χ2n) is 4.83. The van der Waals surface area contributed by atoms with Crippen LogP contribution in [0.3, 0.4) is 0 Å². The molecule has 0 bridgehead atoms. The predicted octanol–water partition coefficient (Wildman–Crippen LogP) is 2.47. The standard InChI is InChI=1S/C15H12F2N4OS/c16-11-2-1-10(14(17)6-11)5-15(22)18-7-12-8-21(20-19-12)13-3-4-23-9-13/h1-4,6,8-9H,5,7H2,(H,18,22). The van der Waals surface area contributed by atoms with Gasteiger partial charge in [0.15, 0.2) is 0 Å². The van der Waals surface area contributed by atoms with Crippen molar-refractivity contribution in [3.63, 3.8) is 0 Å². The van der Waals surface area contributed by atoms with Crippen molar-refractivity contribution in [1.82, 2.24) is 20.3 Å². The first kappa shape index (κ1) is 15.3. The van der Waals surface area contributed by atoms with E-state index in [2.05, 4.69) is 15.6 Å². The van der Waals surface area contributed by atoms with Crippen LogP contribution in [0.5, 0.6) is 0 Å². The van der Waals surface area contributed by atoms with E-state index >= 15 is 0 Å². The van der Waals surface area contributed by atoms with E-state index in [4.69, 9.17) is 0 Å². The zero-order valence-electron chi connectivity index (χ0n) is 11.9. The number of hydrogen-bond donors (Lipinski definition) is 1. The molecular weight excluding hydrogens is 322 g/mol. The Morgan fingerprint density at radius 2 is 2.17 bits per heavy atom. The Morgan fingerprint density at radius 3 is 2.91 bits per heavy atom. The van der Waals surface area contributed by atoms with Crippen LogP contribution in [0.4, 0.5) is 8.78 Å². The number of aromatic nitrogens is 3. The second-order valence-corrected chi connectivity index (χ2v) is 5.61. The van der Waals surface area contributed by atoms with Crippen LogP contribution in [0, 0.1) is 11.6 Å². The average Bonchev–Trinajstić information content (AvgIpc) is 3.18. The number of benzene rings is 1. The van der Waals surface area contributed by atoms with Crippen molar-refractivity contribution in [2.75, 3.05) is 0 Å². The summed E-state index contributed by atoms with van der Waals surface area (Å²) in [6, 6.07) is 5.04. The number of hydrogen-bond acceptors (Lipinski definition) is 4. The van der Waals surface area contributed by atoms with E-state index in [9.17, 15) is 13.6 Å². The van der Waals surface area contributed by atoms with Gasteiger partial charge >= 0.3 is 0 Å². The Balaban J connectivity index is 1.57. The molecule has 0 aliphatic heterocycles. The largest absolute Gasteiger partial charge is 0.350 e. The Bertz CT molecular complexity index is 817. The summed E-state index contributed by atoms with van der Waals surface area (Å²) >= 11 is 1.54. The minimum absolute atomic E-state index is 0.144. The molecule has 2 heterocycles. The smallest absolute Gasteiger partial charge is 0.224 e. The molecular formula is C15H12F2N4OS. The molecule has 0 saturated carbocycles. The molecule has 3 rings (SSSR count). The van der Waals surface area contributed by atoms with Crippen molar-refractivity contribution in [2.45, 2.75) is 13.0 Å². The summed E-state index contributed by atoms with van der Waals surface area (Å²) in [4.78, 5) is 11.8. The molecule has 0 saturated heterocycles. The van der Waals surface area contributed by atoms with Gasteiger partial charge in [-0.25, -0.2) is 13.5 Å². The van der Waals surface area contributed by atoms with Crippen molar-refractivity contribution < 1.29 is 13.6 Å². The summed E-state index contributed by atoms with van der Waals surface area (Å²) in [5.74, 6) is -1.78. The lowest BCUT2D eigenvalue weighted by atomic mass is 10.1. The second kappa shape index (κ2) is 6.66. The highest BCUT2D eigenvalue weighted by Gasteiger charge is 2.10. The first-order chi connectivity index (χ1) is 11.1. The molecule has 0 spiro atoms. The normalized spacial score (nSPS) is 10.7. The van der Waals surface area contributed by atoms with E-state index in [1.807, 2.05) is 16.8 Å². The number of carbonyl (C=O) groups is 1. The Hall–Kier alpha value is -2.61. The fourth-order valence-corrected chi connectivity index (χ4v) is 2.61. The van der Waals surface area contributed by atoms with Gasteiger partial charge in [0.1, 0.15) is 17.3 Å². The number of halogens is 2. The molecule has 23 heavy (non-hydrogen) atoms. The summed E-state index contributed by atoms with van der Waals surface area (Å²) in [6.45, 7) is 0.186. The quantitative estimate of drug-likeness (QED) is 0.780. The molecule has 0 atom stereocenters. The van der Waals surface area contributed by atoms with Crippen molar-refractivity contribution in [2.24, 2.45) is 0 Å². The lowest BCUT2D eigenvalue weighted by Crippen LogP contribution is -2.25. The molecule has 5 nitrogen and oxygen atoms in total. The minimum Gasteiger partial charge on any atom is -0.350 e. The Labute approximate surface area is 134 Å². The number of carbonyl (C=O) groups excluding carboxylic acids is 1. The highest BCUT2D eigenvalue weighted by atomic mass is 32.1. The van der Waals surface area contributed by atoms with Gasteiger partial charge in [-0.1, -0.05) is 11.3 Å². The number of nitrogens with one attached hydrogen (secondary N) is 1. The van der Waals surface area contributed by atoms with Crippen LogP contribution in [-0.4, -0.2) is 20.9 Å². The van der Waals surface area contributed by atoms with E-state index in [0.717, 1.165) is 17.8 Å². The topological polar surface area (TPSA) is 59.8 Å². The van der Waals surface area contributed by atoms with Crippen LogP contribution in [0.25, 0.3) is 5.69 Å². The zero-order valence-corrected chi connectivity index (χ0v) is 12.7. The lowest BCUT2D eigenvalue weighted by molar-refractivity contribution is -0.120. The van der Waals surface area contributed by atoms with Crippen molar-refractivity contribution in [3.8, 4) is 5.69 Å². The highest BCUT2D eigenvalue weighted by molar-refractivity contribution is 7.08. The van der Waals surface area contributed by atoms with Crippen molar-refractivity contribution in [3.05, 3.63) is 64.1 Å². The van der Waals surface area contributed by atoms with Crippen LogP contribution in [-0.2, 0) is 17.8 Å². The maximum Gasteiger partial charge on any atom is 0.224 e. The minimum atomic E-state index is -0.733. The van der Waals surface area contributed by atoms with Crippen LogP contribution in [0.15, 0.2) is 41.2 Å². The van der Waals surface area contributed by atoms with Crippen LogP contribution in [0.1, 0.15) is 11.3 Å². The SMILES string of the molecule is O=C(Cc1ccc(F)cc1F)NCc1cn(-c2ccsc2)nn1. The van der Waals surface area contributed by atoms with Gasteiger partial charge in [0.05, 0.1) is 24.8 Å². The summed E-state index contributed by atoms with van der Waals surface area (Å²) in [6.07, 6.45) is 1.55. The van der Waals surface area contributed by atoms with Gasteiger partial charge in [-0.3, -0.25) is 4.79 Å². The summed E-state index contributed by atoms with van der Waals surface area (Å²) in [5, 5.41) is 14.4. The first-order valence-electron chi connectivity index (χ1n) is 6.76. The molecule has 3 aromatic rings. The number of rotatable bonds is 5. The van der Waals surface area contributed by atoms with E-state index in [1.165, 1.54) is 6.07 Å². The molecule has 0 fully saturated rings. The fraction of sp³-hybridized carbons (Fsp3) is 0.133. The van der Waals surface area contributed by atoms with Gasteiger partial charge in [0.2, 0.25) is 5.91 Å². The predicted molar refractivity (Wildman–Crippen MR) is 81.1 cm³/mol. The lowest BCUT2D eigenvalue weighted by Gasteiger charge is -2.04. The average molecular weight is 334 g/mol. The Morgan fingerprint density at radius 1 is 1.30 bits per heavy atom. The fourth-order valence-electron chi connectivity index (χ4n) is 1.98. The molecule has 118 valence electrons. The molecule has 0 aliphatic rings. The van der Waals surface area contributed by atoms with Crippen LogP contribution >= 0.6 is 11.3 Å². The maximum atomic E-state index is 13.5. The molecule has 0 unspecified atom stereocenters. The molecule has 1 aromatic carbocycles. The summed E-state index contributed by atoms with van der Waals surface area (Å²) < 4.78 is 27.9. The van der Waals surface area contributed by atoms with Gasteiger partial charge in [0, 0.05) is 11.4 Å². The third-order valence-electron chi connectivity index (χ3n) is 3.14. The van der Waals surface area contributed by atoms with Gasteiger partial charge < -0.3 is 5.32 Å². The maximum absolute atomic E-state index is 13.5. The van der Waals surface area contributed by atoms with Crippen molar-refractivity contribution >= 4 is 17.2 Å². The molecule has 2 aromatic heterocycles. The van der Waals surface area contributed by atoms with Crippen molar-refractivity contribution in [1.29, 1.82) is 0 Å². The number of amides is 1. The number of nitrogens with zero attached hydrogens (tertiary/aromatic N) is 3. The Kier molecular flexibility index (Phi) is 4.42. The van der Waals surface area contributed by atoms with Crippen LogP contribution < -0.4 is 5.32 Å². The van der Waals surface area contributed by atoms with Gasteiger partial charge in [0.25, 0.3) is 0 Å². The highest BCUT2D eigenvalue weighted by Crippen LogP contribution is 2.12. The zero-order chi connectivity index (χ0) is 16.2. The molecule has 1 amide bonds. The third kappa shape index (κ3) is 3.78. The van der Waals surface area contributed by atoms with Gasteiger partial charge in [-0.05, 0) is 23.1 Å². The molecule has 0 radical (unpaired) electrons. The van der Waals surface area contributed by atoms with Crippen LogP contribution in [0.2, 0.25) is 0 Å². The summed E-state index contributed by atoms with van der Waals surface area (Å²) in [7, 11) is 0. The molecule has 0 aliphatic carbocycles. The summed E-state index contributed by atoms with van der Waals surface area (Å²) in [5.41, 5.74) is 1.63.